The molecule has 0 saturated heterocycles. The van der Waals surface area contributed by atoms with Gasteiger partial charge in [-0.25, -0.2) is 8.42 Å². The Balaban J connectivity index is 2.08. The van der Waals surface area contributed by atoms with Gasteiger partial charge in [0.15, 0.2) is 0 Å². The van der Waals surface area contributed by atoms with Crippen LogP contribution in [0, 0.1) is 0 Å². The lowest BCUT2D eigenvalue weighted by Gasteiger charge is -2.11. The van der Waals surface area contributed by atoms with E-state index in [1.807, 2.05) is 36.4 Å². The van der Waals surface area contributed by atoms with Crippen LogP contribution in [0.15, 0.2) is 71.6 Å². The third-order valence-electron chi connectivity index (χ3n) is 3.16. The zero-order valence-electron chi connectivity index (χ0n) is 11.0. The van der Waals surface area contributed by atoms with Crippen molar-refractivity contribution in [2.24, 2.45) is 0 Å². The molecule has 0 aliphatic heterocycles. The molecule has 0 spiro atoms. The molecule has 0 atom stereocenters. The summed E-state index contributed by atoms with van der Waals surface area (Å²) in [6.45, 7) is 0. The van der Waals surface area contributed by atoms with Crippen molar-refractivity contribution in [2.45, 2.75) is 4.90 Å². The molecule has 1 N–H and O–H groups in total. The Hall–Kier alpha value is -2.04. The van der Waals surface area contributed by atoms with Crippen LogP contribution < -0.4 is 4.72 Å². The fourth-order valence-electron chi connectivity index (χ4n) is 2.18. The normalized spacial score (nSPS) is 11.5. The third kappa shape index (κ3) is 2.73. The van der Waals surface area contributed by atoms with E-state index in [2.05, 4.69) is 4.72 Å². The molecule has 0 amide bonds. The summed E-state index contributed by atoms with van der Waals surface area (Å²) < 4.78 is 27.5. The summed E-state index contributed by atoms with van der Waals surface area (Å²) in [6, 6.07) is 19.4. The molecule has 3 aromatic carbocycles. The van der Waals surface area contributed by atoms with E-state index in [1.54, 1.807) is 24.3 Å². The second kappa shape index (κ2) is 5.39. The molecule has 3 rings (SSSR count). The van der Waals surface area contributed by atoms with E-state index in [1.165, 1.54) is 6.07 Å². The van der Waals surface area contributed by atoms with Gasteiger partial charge >= 0.3 is 0 Å². The highest BCUT2D eigenvalue weighted by Crippen LogP contribution is 2.27. The Kier molecular flexibility index (Phi) is 3.57. The van der Waals surface area contributed by atoms with Gasteiger partial charge in [-0.1, -0.05) is 60.1 Å². The van der Waals surface area contributed by atoms with E-state index in [9.17, 15) is 8.42 Å². The number of fused-ring (bicyclic) bond motifs is 1. The Morgan fingerprint density at radius 2 is 1.48 bits per heavy atom. The third-order valence-corrected chi connectivity index (χ3v) is 5.03. The first-order valence-electron chi connectivity index (χ1n) is 6.33. The summed E-state index contributed by atoms with van der Waals surface area (Å²) in [4.78, 5) is 0.0691. The SMILES string of the molecule is O=S(=O)(Nc1cccc2ccccc12)c1ccccc1Cl. The Morgan fingerprint density at radius 3 is 2.29 bits per heavy atom. The quantitative estimate of drug-likeness (QED) is 0.783. The van der Waals surface area contributed by atoms with Gasteiger partial charge in [-0.3, -0.25) is 4.72 Å². The van der Waals surface area contributed by atoms with Gasteiger partial charge in [0.2, 0.25) is 0 Å². The zero-order chi connectivity index (χ0) is 14.9. The molecule has 0 aromatic heterocycles. The zero-order valence-corrected chi connectivity index (χ0v) is 12.5. The first kappa shape index (κ1) is 13.9. The molecule has 0 saturated carbocycles. The minimum Gasteiger partial charge on any atom is -0.279 e. The van der Waals surface area contributed by atoms with Crippen LogP contribution in [-0.2, 0) is 10.0 Å². The lowest BCUT2D eigenvalue weighted by atomic mass is 10.1. The topological polar surface area (TPSA) is 46.2 Å². The fraction of sp³-hybridized carbons (Fsp3) is 0. The summed E-state index contributed by atoms with van der Waals surface area (Å²) in [5, 5.41) is 2.01. The highest BCUT2D eigenvalue weighted by Gasteiger charge is 2.18. The summed E-state index contributed by atoms with van der Waals surface area (Å²) in [5.74, 6) is 0. The van der Waals surface area contributed by atoms with Crippen LogP contribution in [0.4, 0.5) is 5.69 Å². The predicted octanol–water partition coefficient (Wildman–Crippen LogP) is 4.29. The predicted molar refractivity (Wildman–Crippen MR) is 86.2 cm³/mol. The largest absolute Gasteiger partial charge is 0.279 e. The monoisotopic (exact) mass is 317 g/mol. The summed E-state index contributed by atoms with van der Waals surface area (Å²) in [6.07, 6.45) is 0. The Labute approximate surface area is 128 Å². The maximum Gasteiger partial charge on any atom is 0.263 e. The van der Waals surface area contributed by atoms with Crippen molar-refractivity contribution >= 4 is 38.1 Å². The minimum absolute atomic E-state index is 0.0691. The first-order valence-corrected chi connectivity index (χ1v) is 8.19. The van der Waals surface area contributed by atoms with Crippen LogP contribution in [0.1, 0.15) is 0 Å². The number of hydrogen-bond acceptors (Lipinski definition) is 2. The van der Waals surface area contributed by atoms with Crippen molar-refractivity contribution < 1.29 is 8.42 Å². The molecule has 0 radical (unpaired) electrons. The summed E-state index contributed by atoms with van der Waals surface area (Å²) in [5.41, 5.74) is 0.535. The minimum atomic E-state index is -3.72. The number of nitrogens with one attached hydrogen (secondary N) is 1. The van der Waals surface area contributed by atoms with Crippen LogP contribution in [0.2, 0.25) is 5.02 Å². The van der Waals surface area contributed by atoms with Crippen molar-refractivity contribution in [1.82, 2.24) is 0 Å². The highest BCUT2D eigenvalue weighted by atomic mass is 35.5. The van der Waals surface area contributed by atoms with Crippen LogP contribution in [0.5, 0.6) is 0 Å². The van der Waals surface area contributed by atoms with Crippen LogP contribution in [0.25, 0.3) is 10.8 Å². The van der Waals surface area contributed by atoms with Gasteiger partial charge in [-0.2, -0.15) is 0 Å². The molecule has 0 bridgehead atoms. The molecule has 106 valence electrons. The van der Waals surface area contributed by atoms with E-state index >= 15 is 0 Å². The second-order valence-electron chi connectivity index (χ2n) is 4.56. The van der Waals surface area contributed by atoms with Gasteiger partial charge in [-0.15, -0.1) is 0 Å². The Bertz CT molecular complexity index is 902. The van der Waals surface area contributed by atoms with Crippen LogP contribution in [0.3, 0.4) is 0 Å². The average Bonchev–Trinajstić information content (AvgIpc) is 2.47. The first-order chi connectivity index (χ1) is 10.1. The molecule has 5 heteroatoms. The Morgan fingerprint density at radius 1 is 0.810 bits per heavy atom. The second-order valence-corrected chi connectivity index (χ2v) is 6.62. The number of rotatable bonds is 3. The van der Waals surface area contributed by atoms with Gasteiger partial charge in [-0.05, 0) is 23.6 Å². The van der Waals surface area contributed by atoms with Crippen LogP contribution >= 0.6 is 11.6 Å². The fourth-order valence-corrected chi connectivity index (χ4v) is 3.78. The number of benzene rings is 3. The number of sulfonamides is 1. The van der Waals surface area contributed by atoms with Gasteiger partial charge in [0.25, 0.3) is 10.0 Å². The molecule has 3 nitrogen and oxygen atoms in total. The van der Waals surface area contributed by atoms with Crippen molar-refractivity contribution in [1.29, 1.82) is 0 Å². The van der Waals surface area contributed by atoms with Gasteiger partial charge in [0, 0.05) is 5.39 Å². The molecule has 3 aromatic rings. The maximum absolute atomic E-state index is 12.5. The molecule has 0 heterocycles. The standard InChI is InChI=1S/C16H12ClNO2S/c17-14-9-3-4-11-16(14)21(19,20)18-15-10-5-7-12-6-1-2-8-13(12)15/h1-11,18H. The maximum atomic E-state index is 12.5. The summed E-state index contributed by atoms with van der Waals surface area (Å²) >= 11 is 5.97. The molecular weight excluding hydrogens is 306 g/mol. The molecule has 0 unspecified atom stereocenters. The molecule has 21 heavy (non-hydrogen) atoms. The molecular formula is C16H12ClNO2S. The van der Waals surface area contributed by atoms with E-state index in [4.69, 9.17) is 11.6 Å². The van der Waals surface area contributed by atoms with Crippen LogP contribution in [-0.4, -0.2) is 8.42 Å². The van der Waals surface area contributed by atoms with Crippen molar-refractivity contribution in [3.05, 3.63) is 71.8 Å². The summed E-state index contributed by atoms with van der Waals surface area (Å²) in [7, 11) is -3.72. The van der Waals surface area contributed by atoms with Gasteiger partial charge < -0.3 is 0 Å². The van der Waals surface area contributed by atoms with Gasteiger partial charge in [0.1, 0.15) is 4.90 Å². The molecule has 0 aliphatic carbocycles. The van der Waals surface area contributed by atoms with Gasteiger partial charge in [0.05, 0.1) is 10.7 Å². The molecule has 0 aliphatic rings. The van der Waals surface area contributed by atoms with Crippen molar-refractivity contribution in [3.8, 4) is 0 Å². The molecule has 0 fully saturated rings. The van der Waals surface area contributed by atoms with Crippen molar-refractivity contribution in [2.75, 3.05) is 4.72 Å². The highest BCUT2D eigenvalue weighted by molar-refractivity contribution is 7.92. The average molecular weight is 318 g/mol. The number of halogens is 1. The smallest absolute Gasteiger partial charge is 0.263 e. The number of hydrogen-bond donors (Lipinski definition) is 1. The lowest BCUT2D eigenvalue weighted by molar-refractivity contribution is 0.601. The van der Waals surface area contributed by atoms with E-state index in [0.29, 0.717) is 5.69 Å². The van der Waals surface area contributed by atoms with Crippen molar-refractivity contribution in [3.63, 3.8) is 0 Å². The number of anilines is 1. The van der Waals surface area contributed by atoms with E-state index in [-0.39, 0.29) is 9.92 Å². The van der Waals surface area contributed by atoms with E-state index in [0.717, 1.165) is 10.8 Å². The van der Waals surface area contributed by atoms with E-state index < -0.39 is 10.0 Å². The lowest BCUT2D eigenvalue weighted by Crippen LogP contribution is -2.13.